The van der Waals surface area contributed by atoms with Crippen molar-refractivity contribution < 1.29 is 18.9 Å². The molecule has 3 rings (SSSR count). The molecule has 120 valence electrons. The van der Waals surface area contributed by atoms with Gasteiger partial charge in [0, 0.05) is 29.7 Å². The molecule has 0 unspecified atom stereocenters. The lowest BCUT2D eigenvalue weighted by Crippen LogP contribution is -2.46. The number of nitrogens with one attached hydrogen (secondary N) is 1. The number of amides is 3. The Morgan fingerprint density at radius 2 is 2.17 bits per heavy atom. The van der Waals surface area contributed by atoms with Crippen molar-refractivity contribution in [2.45, 2.75) is 25.7 Å². The number of carbonyl (C=O) groups is 3. The minimum Gasteiger partial charge on any atom is -0.360 e. The summed E-state index contributed by atoms with van der Waals surface area (Å²) in [5.74, 6) is -0.399. The topological polar surface area (TPSA) is 92.5 Å². The van der Waals surface area contributed by atoms with Crippen molar-refractivity contribution in [3.63, 3.8) is 0 Å². The van der Waals surface area contributed by atoms with Crippen LogP contribution < -0.4 is 5.32 Å². The highest BCUT2D eigenvalue weighted by Gasteiger charge is 2.34. The number of thiophene rings is 1. The second-order valence-electron chi connectivity index (χ2n) is 5.37. The fourth-order valence-electron chi connectivity index (χ4n) is 2.51. The Labute approximate surface area is 136 Å². The first-order valence-electron chi connectivity index (χ1n) is 7.12. The highest BCUT2D eigenvalue weighted by Crippen LogP contribution is 2.32. The van der Waals surface area contributed by atoms with Crippen LogP contribution in [0, 0.1) is 6.92 Å². The molecule has 2 aromatic heterocycles. The maximum Gasteiger partial charge on any atom is 0.245 e. The molecule has 0 spiro atoms. The Kier molecular flexibility index (Phi) is 4.24. The number of rotatable bonds is 4. The van der Waals surface area contributed by atoms with Gasteiger partial charge in [0.1, 0.15) is 12.3 Å². The van der Waals surface area contributed by atoms with E-state index in [0.29, 0.717) is 5.76 Å². The van der Waals surface area contributed by atoms with Gasteiger partial charge < -0.3 is 9.84 Å². The van der Waals surface area contributed by atoms with Crippen LogP contribution in [0.25, 0.3) is 0 Å². The fraction of sp³-hybridized carbons (Fsp3) is 0.333. The minimum absolute atomic E-state index is 0.0903. The molecule has 1 fully saturated rings. The molecule has 0 saturated carbocycles. The number of nitrogens with zero attached hydrogens (tertiary/aromatic N) is 2. The smallest absolute Gasteiger partial charge is 0.245 e. The third-order valence-corrected chi connectivity index (χ3v) is 4.62. The van der Waals surface area contributed by atoms with Crippen molar-refractivity contribution >= 4 is 34.9 Å². The predicted molar refractivity (Wildman–Crippen MR) is 82.9 cm³/mol. The summed E-state index contributed by atoms with van der Waals surface area (Å²) in [6.07, 6.45) is 0.477. The average Bonchev–Trinajstić information content (AvgIpc) is 3.14. The Morgan fingerprint density at radius 3 is 2.74 bits per heavy atom. The van der Waals surface area contributed by atoms with E-state index in [9.17, 15) is 14.4 Å². The molecule has 2 aromatic rings. The normalized spacial score (nSPS) is 16.0. The van der Waals surface area contributed by atoms with Crippen LogP contribution >= 0.6 is 11.3 Å². The molecule has 0 aromatic carbocycles. The first kappa shape index (κ1) is 15.4. The van der Waals surface area contributed by atoms with E-state index in [1.165, 1.54) is 11.3 Å². The Hall–Kier alpha value is -2.48. The average molecular weight is 333 g/mol. The molecule has 1 N–H and O–H groups in total. The Balaban J connectivity index is 1.61. The lowest BCUT2D eigenvalue weighted by molar-refractivity contribution is -0.150. The van der Waals surface area contributed by atoms with Gasteiger partial charge in [0.25, 0.3) is 0 Å². The molecular formula is C15H15N3O4S. The number of imide groups is 1. The Bertz CT molecular complexity index is 720. The van der Waals surface area contributed by atoms with Crippen molar-refractivity contribution in [1.29, 1.82) is 0 Å². The monoisotopic (exact) mass is 333 g/mol. The molecule has 3 heterocycles. The van der Waals surface area contributed by atoms with Gasteiger partial charge in [-0.05, 0) is 18.4 Å². The van der Waals surface area contributed by atoms with Gasteiger partial charge in [0.2, 0.25) is 17.7 Å². The minimum atomic E-state index is -0.477. The quantitative estimate of drug-likeness (QED) is 0.863. The molecule has 8 heteroatoms. The third kappa shape index (κ3) is 3.48. The number of likely N-dealkylation sites (tertiary alicyclic amines) is 1. The molecule has 1 saturated heterocycles. The number of aromatic nitrogens is 1. The maximum atomic E-state index is 12.2. The number of carbonyl (C=O) groups excluding carboxylic acids is 3. The van der Waals surface area contributed by atoms with Gasteiger partial charge in [-0.25, -0.2) is 0 Å². The maximum absolute atomic E-state index is 12.2. The third-order valence-electron chi connectivity index (χ3n) is 3.59. The van der Waals surface area contributed by atoms with E-state index in [2.05, 4.69) is 10.5 Å². The van der Waals surface area contributed by atoms with E-state index < -0.39 is 5.91 Å². The highest BCUT2D eigenvalue weighted by molar-refractivity contribution is 7.10. The van der Waals surface area contributed by atoms with Gasteiger partial charge in [-0.3, -0.25) is 19.3 Å². The van der Waals surface area contributed by atoms with Crippen LogP contribution in [0.1, 0.15) is 29.4 Å². The lowest BCUT2D eigenvalue weighted by Gasteiger charge is -2.29. The van der Waals surface area contributed by atoms with Gasteiger partial charge in [-0.1, -0.05) is 11.2 Å². The van der Waals surface area contributed by atoms with E-state index in [0.717, 1.165) is 9.78 Å². The van der Waals surface area contributed by atoms with Crippen molar-refractivity contribution in [1.82, 2.24) is 10.1 Å². The fourth-order valence-corrected chi connectivity index (χ4v) is 3.34. The molecule has 3 amide bonds. The van der Waals surface area contributed by atoms with Crippen molar-refractivity contribution in [2.24, 2.45) is 0 Å². The molecule has 0 bridgehead atoms. The summed E-state index contributed by atoms with van der Waals surface area (Å²) < 4.78 is 4.84. The zero-order valence-electron chi connectivity index (χ0n) is 12.4. The second kappa shape index (κ2) is 6.33. The molecular weight excluding hydrogens is 318 g/mol. The van der Waals surface area contributed by atoms with Crippen LogP contribution in [-0.2, 0) is 14.4 Å². The number of anilines is 1. The van der Waals surface area contributed by atoms with Crippen LogP contribution in [-0.4, -0.2) is 34.3 Å². The summed E-state index contributed by atoms with van der Waals surface area (Å²) in [6.45, 7) is 1.39. The van der Waals surface area contributed by atoms with Crippen molar-refractivity contribution in [2.75, 3.05) is 11.9 Å². The van der Waals surface area contributed by atoms with Crippen molar-refractivity contribution in [3.05, 3.63) is 34.2 Å². The van der Waals surface area contributed by atoms with Crippen LogP contribution in [0.2, 0.25) is 0 Å². The first-order chi connectivity index (χ1) is 11.0. The molecule has 23 heavy (non-hydrogen) atoms. The molecule has 7 nitrogen and oxygen atoms in total. The van der Waals surface area contributed by atoms with Crippen molar-refractivity contribution in [3.8, 4) is 0 Å². The Morgan fingerprint density at radius 1 is 1.43 bits per heavy atom. The number of aryl methyl sites for hydroxylation is 1. The van der Waals surface area contributed by atoms with Gasteiger partial charge in [-0.2, -0.15) is 0 Å². The van der Waals surface area contributed by atoms with Crippen LogP contribution in [0.3, 0.4) is 0 Å². The lowest BCUT2D eigenvalue weighted by atomic mass is 9.94. The van der Waals surface area contributed by atoms with Gasteiger partial charge in [-0.15, -0.1) is 11.3 Å². The molecule has 0 aliphatic carbocycles. The number of hydrogen-bond acceptors (Lipinski definition) is 6. The zero-order valence-corrected chi connectivity index (χ0v) is 13.3. The van der Waals surface area contributed by atoms with E-state index in [4.69, 9.17) is 4.52 Å². The molecule has 0 radical (unpaired) electrons. The largest absolute Gasteiger partial charge is 0.360 e. The predicted octanol–water partition coefficient (Wildman–Crippen LogP) is 1.92. The highest BCUT2D eigenvalue weighted by atomic mass is 32.1. The summed E-state index contributed by atoms with van der Waals surface area (Å²) >= 11 is 1.53. The standard InChI is InChI=1S/C15H15N3O4S/c1-9-5-12(17-22-9)16-13(19)8-18-14(20)6-10(7-15(18)21)11-3-2-4-23-11/h2-5,10H,6-8H2,1H3,(H,16,17,19). The van der Waals surface area contributed by atoms with E-state index in [1.54, 1.807) is 13.0 Å². The van der Waals surface area contributed by atoms with Crippen LogP contribution in [0.4, 0.5) is 5.82 Å². The number of piperidine rings is 1. The zero-order chi connectivity index (χ0) is 16.4. The SMILES string of the molecule is Cc1cc(NC(=O)CN2C(=O)CC(c3cccs3)CC2=O)no1. The van der Waals surface area contributed by atoms with Crippen LogP contribution in [0.15, 0.2) is 28.1 Å². The summed E-state index contributed by atoms with van der Waals surface area (Å²) in [7, 11) is 0. The summed E-state index contributed by atoms with van der Waals surface area (Å²) in [4.78, 5) is 38.4. The summed E-state index contributed by atoms with van der Waals surface area (Å²) in [5.41, 5.74) is 0. The molecule has 1 aliphatic rings. The van der Waals surface area contributed by atoms with Gasteiger partial charge in [0.15, 0.2) is 5.82 Å². The van der Waals surface area contributed by atoms with E-state index in [-0.39, 0.29) is 42.9 Å². The van der Waals surface area contributed by atoms with Gasteiger partial charge in [0.05, 0.1) is 0 Å². The van der Waals surface area contributed by atoms with Crippen LogP contribution in [0.5, 0.6) is 0 Å². The summed E-state index contributed by atoms with van der Waals surface area (Å²) in [5, 5.41) is 8.06. The molecule has 1 aliphatic heterocycles. The first-order valence-corrected chi connectivity index (χ1v) is 8.00. The van der Waals surface area contributed by atoms with Gasteiger partial charge >= 0.3 is 0 Å². The summed E-state index contributed by atoms with van der Waals surface area (Å²) in [6, 6.07) is 5.38. The molecule has 0 atom stereocenters. The van der Waals surface area contributed by atoms with E-state index in [1.807, 2.05) is 17.5 Å². The second-order valence-corrected chi connectivity index (χ2v) is 6.34. The number of hydrogen-bond donors (Lipinski definition) is 1. The van der Waals surface area contributed by atoms with E-state index >= 15 is 0 Å².